The summed E-state index contributed by atoms with van der Waals surface area (Å²) in [5.41, 5.74) is 4.53. The molecule has 5 rings (SSSR count). The van der Waals surface area contributed by atoms with Crippen molar-refractivity contribution >= 4 is 34.2 Å². The summed E-state index contributed by atoms with van der Waals surface area (Å²) in [6.07, 6.45) is 0. The van der Waals surface area contributed by atoms with Gasteiger partial charge in [0.05, 0.1) is 24.7 Å². The summed E-state index contributed by atoms with van der Waals surface area (Å²) in [6.45, 7) is 3.28. The number of imidazole rings is 1. The van der Waals surface area contributed by atoms with Crippen LogP contribution in [0.1, 0.15) is 21.7 Å². The number of fused-ring (bicyclic) bond motifs is 3. The van der Waals surface area contributed by atoms with E-state index in [-0.39, 0.29) is 5.91 Å². The van der Waals surface area contributed by atoms with Crippen LogP contribution in [0.15, 0.2) is 66.7 Å². The van der Waals surface area contributed by atoms with E-state index < -0.39 is 0 Å². The summed E-state index contributed by atoms with van der Waals surface area (Å²) in [5, 5.41) is 3.57. The molecule has 1 aliphatic rings. The van der Waals surface area contributed by atoms with Gasteiger partial charge >= 0.3 is 0 Å². The number of anilines is 1. The van der Waals surface area contributed by atoms with Crippen LogP contribution >= 0.6 is 11.6 Å². The molecule has 1 N–H and O–H groups in total. The van der Waals surface area contributed by atoms with Crippen molar-refractivity contribution in [3.05, 3.63) is 88.7 Å². The van der Waals surface area contributed by atoms with Crippen molar-refractivity contribution < 1.29 is 9.53 Å². The molecule has 1 amide bonds. The summed E-state index contributed by atoms with van der Waals surface area (Å²) < 4.78 is 7.88. The second-order valence-electron chi connectivity index (χ2n) is 7.87. The topological polar surface area (TPSA) is 59.4 Å². The van der Waals surface area contributed by atoms with Crippen LogP contribution in [0.5, 0.6) is 5.75 Å². The van der Waals surface area contributed by atoms with Gasteiger partial charge in [-0.25, -0.2) is 4.98 Å². The maximum atomic E-state index is 12.6. The van der Waals surface area contributed by atoms with Crippen molar-refractivity contribution in [2.75, 3.05) is 19.0 Å². The average Bonchev–Trinajstić information content (AvgIpc) is 3.17. The molecule has 0 radical (unpaired) electrons. The number of para-hydroxylation sites is 2. The Morgan fingerprint density at radius 3 is 2.72 bits per heavy atom. The summed E-state index contributed by atoms with van der Waals surface area (Å²) >= 11 is 5.92. The molecule has 2 heterocycles. The Bertz CT molecular complexity index is 1280. The smallest absolute Gasteiger partial charge is 0.255 e. The van der Waals surface area contributed by atoms with E-state index in [1.807, 2.05) is 24.3 Å². The lowest BCUT2D eigenvalue weighted by atomic mass is 10.1. The molecule has 0 spiro atoms. The van der Waals surface area contributed by atoms with Gasteiger partial charge in [0.1, 0.15) is 11.6 Å². The van der Waals surface area contributed by atoms with Crippen LogP contribution in [-0.4, -0.2) is 34.0 Å². The molecule has 0 bridgehead atoms. The van der Waals surface area contributed by atoms with E-state index in [0.717, 1.165) is 48.0 Å². The highest BCUT2D eigenvalue weighted by molar-refractivity contribution is 6.30. The fourth-order valence-electron chi connectivity index (χ4n) is 4.18. The van der Waals surface area contributed by atoms with Gasteiger partial charge in [0.15, 0.2) is 0 Å². The number of carbonyl (C=O) groups is 1. The number of aromatic nitrogens is 2. The lowest BCUT2D eigenvalue weighted by Crippen LogP contribution is -2.33. The number of benzene rings is 3. The Morgan fingerprint density at radius 2 is 1.91 bits per heavy atom. The number of nitrogens with zero attached hydrogens (tertiary/aromatic N) is 3. The number of ether oxygens (including phenoxy) is 1. The summed E-state index contributed by atoms with van der Waals surface area (Å²) in [6, 6.07) is 20.8. The van der Waals surface area contributed by atoms with Crippen molar-refractivity contribution in [2.45, 2.75) is 19.6 Å². The predicted molar refractivity (Wildman–Crippen MR) is 126 cm³/mol. The molecular weight excluding hydrogens is 424 g/mol. The molecule has 0 aliphatic carbocycles. The van der Waals surface area contributed by atoms with E-state index in [2.05, 4.69) is 33.0 Å². The number of hydrogen-bond donors (Lipinski definition) is 1. The van der Waals surface area contributed by atoms with Gasteiger partial charge in [-0.15, -0.1) is 0 Å². The molecule has 4 aromatic rings. The summed E-state index contributed by atoms with van der Waals surface area (Å²) in [5.74, 6) is 1.70. The van der Waals surface area contributed by atoms with Gasteiger partial charge in [0, 0.05) is 41.5 Å². The third-order valence-corrected chi connectivity index (χ3v) is 6.03. The zero-order chi connectivity index (χ0) is 22.1. The molecule has 32 heavy (non-hydrogen) atoms. The molecule has 0 saturated carbocycles. The molecule has 7 heteroatoms. The van der Waals surface area contributed by atoms with E-state index in [1.54, 1.807) is 31.4 Å². The maximum absolute atomic E-state index is 12.6. The standard InChI is InChI=1S/C25H23ClN4O2/c1-32-23-11-10-20(27-25(31)17-6-8-19(26)9-7-17)14-18(23)15-29-12-13-30-22-5-3-2-4-21(22)28-24(30)16-29/h2-11,14H,12-13,15-16H2,1H3,(H,27,31). The van der Waals surface area contributed by atoms with Crippen molar-refractivity contribution in [3.8, 4) is 5.75 Å². The number of methoxy groups -OCH3 is 1. The lowest BCUT2D eigenvalue weighted by molar-refractivity contribution is 0.102. The highest BCUT2D eigenvalue weighted by Crippen LogP contribution is 2.27. The third-order valence-electron chi connectivity index (χ3n) is 5.78. The molecule has 1 aromatic heterocycles. The van der Waals surface area contributed by atoms with Gasteiger partial charge in [-0.2, -0.15) is 0 Å². The Labute approximate surface area is 191 Å². The molecule has 0 unspecified atom stereocenters. The highest BCUT2D eigenvalue weighted by Gasteiger charge is 2.21. The molecule has 0 fully saturated rings. The first-order chi connectivity index (χ1) is 15.6. The SMILES string of the molecule is COc1ccc(NC(=O)c2ccc(Cl)cc2)cc1CN1CCn2c(nc3ccccc32)C1. The molecule has 3 aromatic carbocycles. The zero-order valence-electron chi connectivity index (χ0n) is 17.7. The Kier molecular flexibility index (Phi) is 5.55. The number of carbonyl (C=O) groups excluding carboxylic acids is 1. The Hall–Kier alpha value is -3.35. The highest BCUT2D eigenvalue weighted by atomic mass is 35.5. The van der Waals surface area contributed by atoms with Crippen LogP contribution < -0.4 is 10.1 Å². The molecule has 0 atom stereocenters. The van der Waals surface area contributed by atoms with E-state index in [9.17, 15) is 4.79 Å². The van der Waals surface area contributed by atoms with Crippen LogP contribution in [0.2, 0.25) is 5.02 Å². The fraction of sp³-hybridized carbons (Fsp3) is 0.200. The van der Waals surface area contributed by atoms with Crippen LogP contribution in [-0.2, 0) is 19.6 Å². The number of rotatable bonds is 5. The van der Waals surface area contributed by atoms with Gasteiger partial charge in [0.25, 0.3) is 5.91 Å². The van der Waals surface area contributed by atoms with E-state index >= 15 is 0 Å². The maximum Gasteiger partial charge on any atom is 0.255 e. The van der Waals surface area contributed by atoms with Crippen molar-refractivity contribution in [1.29, 1.82) is 0 Å². The van der Waals surface area contributed by atoms with Crippen LogP contribution in [0.4, 0.5) is 5.69 Å². The summed E-state index contributed by atoms with van der Waals surface area (Å²) in [4.78, 5) is 19.8. The zero-order valence-corrected chi connectivity index (χ0v) is 18.5. The summed E-state index contributed by atoms with van der Waals surface area (Å²) in [7, 11) is 1.67. The first-order valence-corrected chi connectivity index (χ1v) is 10.9. The Balaban J connectivity index is 1.34. The molecule has 0 saturated heterocycles. The van der Waals surface area contributed by atoms with Crippen LogP contribution in [0.3, 0.4) is 0 Å². The van der Waals surface area contributed by atoms with Crippen molar-refractivity contribution in [1.82, 2.24) is 14.5 Å². The minimum Gasteiger partial charge on any atom is -0.496 e. The van der Waals surface area contributed by atoms with Crippen molar-refractivity contribution in [2.24, 2.45) is 0 Å². The number of nitrogens with one attached hydrogen (secondary N) is 1. The average molecular weight is 447 g/mol. The Morgan fingerprint density at radius 1 is 1.09 bits per heavy atom. The van der Waals surface area contributed by atoms with Crippen LogP contribution in [0, 0.1) is 0 Å². The van der Waals surface area contributed by atoms with Gasteiger partial charge < -0.3 is 14.6 Å². The van der Waals surface area contributed by atoms with Crippen molar-refractivity contribution in [3.63, 3.8) is 0 Å². The molecule has 1 aliphatic heterocycles. The quantitative estimate of drug-likeness (QED) is 0.470. The molecule has 162 valence electrons. The largest absolute Gasteiger partial charge is 0.496 e. The fourth-order valence-corrected chi connectivity index (χ4v) is 4.30. The van der Waals surface area contributed by atoms with E-state index in [4.69, 9.17) is 21.3 Å². The van der Waals surface area contributed by atoms with Gasteiger partial charge in [0.2, 0.25) is 0 Å². The number of halogens is 1. The normalized spacial score (nSPS) is 13.7. The second kappa shape index (κ2) is 8.65. The number of amides is 1. The monoisotopic (exact) mass is 446 g/mol. The van der Waals surface area contributed by atoms with Gasteiger partial charge in [-0.05, 0) is 54.6 Å². The lowest BCUT2D eigenvalue weighted by Gasteiger charge is -2.28. The third kappa shape index (κ3) is 4.07. The first kappa shape index (κ1) is 20.5. The predicted octanol–water partition coefficient (Wildman–Crippen LogP) is 4.97. The van der Waals surface area contributed by atoms with Crippen LogP contribution in [0.25, 0.3) is 11.0 Å². The van der Waals surface area contributed by atoms with E-state index in [0.29, 0.717) is 17.1 Å². The minimum absolute atomic E-state index is 0.176. The minimum atomic E-state index is -0.176. The van der Waals surface area contributed by atoms with E-state index in [1.165, 1.54) is 5.52 Å². The molecular formula is C25H23ClN4O2. The molecule has 6 nitrogen and oxygen atoms in total. The van der Waals surface area contributed by atoms with Gasteiger partial charge in [-0.3, -0.25) is 9.69 Å². The second-order valence-corrected chi connectivity index (χ2v) is 8.30. The van der Waals surface area contributed by atoms with Gasteiger partial charge in [-0.1, -0.05) is 23.7 Å². The first-order valence-electron chi connectivity index (χ1n) is 10.5. The number of hydrogen-bond acceptors (Lipinski definition) is 4.